The summed E-state index contributed by atoms with van der Waals surface area (Å²) in [6, 6.07) is 4.54. The van der Waals surface area contributed by atoms with Crippen molar-refractivity contribution in [3.8, 4) is 0 Å². The van der Waals surface area contributed by atoms with Crippen LogP contribution in [0.4, 0.5) is 0 Å². The van der Waals surface area contributed by atoms with Crippen molar-refractivity contribution >= 4 is 37.4 Å². The molecule has 1 aromatic carbocycles. The van der Waals surface area contributed by atoms with Crippen LogP contribution in [0, 0.1) is 5.92 Å². The van der Waals surface area contributed by atoms with Gasteiger partial charge in [0, 0.05) is 31.5 Å². The monoisotopic (exact) mass is 778 g/mol. The van der Waals surface area contributed by atoms with Crippen LogP contribution in [0.5, 0.6) is 0 Å². The minimum Gasteiger partial charge on any atom is -0.377 e. The topological polar surface area (TPSA) is 267 Å². The Morgan fingerprint density at radius 2 is 1.67 bits per heavy atom. The number of nitrogens with one attached hydrogen (secondary N) is 5. The second-order valence-corrected chi connectivity index (χ2v) is 15.3. The summed E-state index contributed by atoms with van der Waals surface area (Å²) >= 11 is 0. The standard InChI is InChI=1S/C35H55N8O10P/c1-21(2)15-27(41-35(48)29-17-26(19-43(29)5)52-14-10-9-13-24-11-7-6-8-12-24)34(47)40-28(16-25-18-37-20-38-25)33(46)39-22(3)32(45)42-30(31(36)44)23(4)53-54(49,50)51/h6-8,11-12,18,20-23,26-30H,9-10,13-17,19H2,1-5H3,(H2,36,44)(H,37,38)(H,39,46)(H,40,47)(H,41,48)(H,42,45)(H2,49,50,51)/t22-,23+,26-,27-,28-,29-,30-/m0/s1. The third-order valence-electron chi connectivity index (χ3n) is 8.95. The van der Waals surface area contributed by atoms with Crippen molar-refractivity contribution in [2.75, 3.05) is 20.2 Å². The number of ether oxygens (including phenoxy) is 1. The molecule has 300 valence electrons. The fraction of sp³-hybridized carbons (Fsp3) is 0.600. The highest BCUT2D eigenvalue weighted by Gasteiger charge is 2.38. The summed E-state index contributed by atoms with van der Waals surface area (Å²) < 4.78 is 21.9. The molecule has 0 saturated carbocycles. The number of aromatic amines is 1. The first-order valence-corrected chi connectivity index (χ1v) is 19.5. The van der Waals surface area contributed by atoms with Crippen LogP contribution in [-0.4, -0.2) is 117 Å². The van der Waals surface area contributed by atoms with E-state index >= 15 is 0 Å². The van der Waals surface area contributed by atoms with Gasteiger partial charge in [0.15, 0.2) is 0 Å². The van der Waals surface area contributed by atoms with Gasteiger partial charge in [0.05, 0.1) is 24.6 Å². The number of likely N-dealkylation sites (tertiary alicyclic amines) is 1. The zero-order valence-corrected chi connectivity index (χ0v) is 32.3. The molecular formula is C35H55N8O10P. The molecule has 1 saturated heterocycles. The lowest BCUT2D eigenvalue weighted by Crippen LogP contribution is -2.59. The maximum absolute atomic E-state index is 13.8. The quantitative estimate of drug-likeness (QED) is 0.0583. The first-order chi connectivity index (χ1) is 25.4. The number of aromatic nitrogens is 2. The zero-order chi connectivity index (χ0) is 40.0. The molecule has 7 atom stereocenters. The molecule has 18 nitrogen and oxygen atoms in total. The van der Waals surface area contributed by atoms with Crippen LogP contribution < -0.4 is 27.0 Å². The number of phosphoric acid groups is 1. The van der Waals surface area contributed by atoms with E-state index in [0.717, 1.165) is 26.2 Å². The van der Waals surface area contributed by atoms with Gasteiger partial charge in [0.25, 0.3) is 0 Å². The first kappa shape index (κ1) is 44.2. The van der Waals surface area contributed by atoms with Crippen LogP contribution >= 0.6 is 7.82 Å². The highest BCUT2D eigenvalue weighted by atomic mass is 31.2. The third-order valence-corrected chi connectivity index (χ3v) is 9.56. The number of rotatable bonds is 22. The Bertz CT molecular complexity index is 1570. The second kappa shape index (κ2) is 21.0. The summed E-state index contributed by atoms with van der Waals surface area (Å²) in [7, 11) is -3.19. The zero-order valence-electron chi connectivity index (χ0n) is 31.4. The molecule has 0 radical (unpaired) electrons. The molecule has 1 aromatic heterocycles. The molecule has 1 aliphatic rings. The SMILES string of the molecule is CC(C)C[C@H](NC(=O)[C@@H]1C[C@H](OCCCCc2ccccc2)CN1C)C(=O)N[C@@H](Cc1cnc[nH]1)C(=O)N[C@@H](C)C(=O)N[C@H](C(N)=O)[C@@H](C)OP(=O)(O)O. The minimum atomic E-state index is -5.03. The van der Waals surface area contributed by atoms with Crippen molar-refractivity contribution < 1.29 is 47.6 Å². The van der Waals surface area contributed by atoms with E-state index in [-0.39, 0.29) is 30.8 Å². The van der Waals surface area contributed by atoms with E-state index < -0.39 is 67.8 Å². The van der Waals surface area contributed by atoms with Crippen LogP contribution in [0.25, 0.3) is 0 Å². The molecule has 0 unspecified atom stereocenters. The molecule has 2 aromatic rings. The van der Waals surface area contributed by atoms with Crippen molar-refractivity contribution in [2.45, 2.75) is 109 Å². The van der Waals surface area contributed by atoms with E-state index in [4.69, 9.17) is 20.3 Å². The van der Waals surface area contributed by atoms with Gasteiger partial charge in [-0.3, -0.25) is 33.4 Å². The predicted octanol–water partition coefficient (Wildman–Crippen LogP) is 0.0527. The molecule has 54 heavy (non-hydrogen) atoms. The number of H-pyrrole nitrogens is 1. The van der Waals surface area contributed by atoms with E-state index in [1.54, 1.807) is 0 Å². The summed E-state index contributed by atoms with van der Waals surface area (Å²) in [5.41, 5.74) is 7.09. The number of likely N-dealkylation sites (N-methyl/N-ethyl adjacent to an activating group) is 1. The molecule has 5 amide bonds. The van der Waals surface area contributed by atoms with Crippen LogP contribution in [-0.2, 0) is 50.6 Å². The van der Waals surface area contributed by atoms with Gasteiger partial charge in [-0.1, -0.05) is 44.2 Å². The van der Waals surface area contributed by atoms with Gasteiger partial charge in [0.1, 0.15) is 24.2 Å². The summed E-state index contributed by atoms with van der Waals surface area (Å²) in [5.74, 6) is -3.78. The number of aryl methyl sites for hydroxylation is 1. The molecule has 1 fully saturated rings. The Morgan fingerprint density at radius 1 is 0.981 bits per heavy atom. The van der Waals surface area contributed by atoms with E-state index in [0.29, 0.717) is 25.3 Å². The smallest absolute Gasteiger partial charge is 0.377 e. The number of imidazole rings is 1. The molecule has 9 N–H and O–H groups in total. The number of primary amides is 1. The number of hydrogen-bond acceptors (Lipinski definition) is 10. The maximum Gasteiger partial charge on any atom is 0.469 e. The molecule has 19 heteroatoms. The lowest BCUT2D eigenvalue weighted by molar-refractivity contribution is -0.135. The van der Waals surface area contributed by atoms with Crippen LogP contribution in [0.3, 0.4) is 0 Å². The van der Waals surface area contributed by atoms with Crippen molar-refractivity contribution in [3.05, 3.63) is 54.1 Å². The number of nitrogens with zero attached hydrogens (tertiary/aromatic N) is 2. The highest BCUT2D eigenvalue weighted by Crippen LogP contribution is 2.38. The maximum atomic E-state index is 13.8. The van der Waals surface area contributed by atoms with Crippen molar-refractivity contribution in [1.82, 2.24) is 36.1 Å². The number of unbranched alkanes of at least 4 members (excludes halogenated alkanes) is 1. The number of benzene rings is 1. The van der Waals surface area contributed by atoms with Crippen molar-refractivity contribution in [1.29, 1.82) is 0 Å². The van der Waals surface area contributed by atoms with E-state index in [1.807, 2.05) is 44.0 Å². The van der Waals surface area contributed by atoms with Gasteiger partial charge in [-0.2, -0.15) is 0 Å². The summed E-state index contributed by atoms with van der Waals surface area (Å²) in [6.07, 6.45) is 4.74. The number of nitrogens with two attached hydrogens (primary N) is 1. The number of phosphoric ester groups is 1. The molecule has 0 spiro atoms. The normalized spacial score (nSPS) is 19.0. The minimum absolute atomic E-state index is 0.00641. The van der Waals surface area contributed by atoms with Gasteiger partial charge < -0.3 is 46.5 Å². The molecule has 3 rings (SSSR count). The fourth-order valence-corrected chi connectivity index (χ4v) is 6.68. The van der Waals surface area contributed by atoms with E-state index in [9.17, 15) is 28.5 Å². The Hall–Kier alpha value is -4.19. The Morgan fingerprint density at radius 3 is 2.28 bits per heavy atom. The molecule has 2 heterocycles. The van der Waals surface area contributed by atoms with Gasteiger partial charge in [0.2, 0.25) is 29.5 Å². The second-order valence-electron chi connectivity index (χ2n) is 14.1. The lowest BCUT2D eigenvalue weighted by Gasteiger charge is -2.27. The summed E-state index contributed by atoms with van der Waals surface area (Å²) in [5, 5.41) is 10.3. The van der Waals surface area contributed by atoms with Crippen LogP contribution in [0.15, 0.2) is 42.9 Å². The number of carbonyl (C=O) groups is 5. The van der Waals surface area contributed by atoms with Gasteiger partial charge in [-0.25, -0.2) is 9.55 Å². The van der Waals surface area contributed by atoms with E-state index in [1.165, 1.54) is 25.0 Å². The molecule has 0 aliphatic carbocycles. The van der Waals surface area contributed by atoms with Gasteiger partial charge in [-0.05, 0) is 64.5 Å². The van der Waals surface area contributed by atoms with Crippen molar-refractivity contribution in [2.24, 2.45) is 11.7 Å². The molecule has 1 aliphatic heterocycles. The fourth-order valence-electron chi connectivity index (χ4n) is 6.13. The third kappa shape index (κ3) is 14.9. The van der Waals surface area contributed by atoms with Crippen LogP contribution in [0.1, 0.15) is 64.6 Å². The highest BCUT2D eigenvalue weighted by molar-refractivity contribution is 7.46. The van der Waals surface area contributed by atoms with Gasteiger partial charge >= 0.3 is 7.82 Å². The number of amides is 5. The Labute approximate surface area is 315 Å². The molecular weight excluding hydrogens is 723 g/mol. The van der Waals surface area contributed by atoms with Gasteiger partial charge in [-0.15, -0.1) is 0 Å². The van der Waals surface area contributed by atoms with Crippen molar-refractivity contribution in [3.63, 3.8) is 0 Å². The number of carbonyl (C=O) groups excluding carboxylic acids is 5. The average molecular weight is 779 g/mol. The van der Waals surface area contributed by atoms with E-state index in [2.05, 4.69) is 47.9 Å². The summed E-state index contributed by atoms with van der Waals surface area (Å²) in [6.45, 7) is 7.37. The summed E-state index contributed by atoms with van der Waals surface area (Å²) in [4.78, 5) is 92.7. The number of hydrogen-bond donors (Lipinski definition) is 8. The molecule has 0 bridgehead atoms. The predicted molar refractivity (Wildman–Crippen MR) is 197 cm³/mol. The van der Waals surface area contributed by atoms with Crippen LogP contribution in [0.2, 0.25) is 0 Å². The lowest BCUT2D eigenvalue weighted by atomic mass is 10.0. The largest absolute Gasteiger partial charge is 0.469 e. The average Bonchev–Trinajstić information content (AvgIpc) is 3.74. The Balaban J connectivity index is 1.62. The Kier molecular flexibility index (Phi) is 17.2. The first-order valence-electron chi connectivity index (χ1n) is 18.0.